The van der Waals surface area contributed by atoms with Crippen LogP contribution in [0.5, 0.6) is 0 Å². The quantitative estimate of drug-likeness (QED) is 0.740. The first-order valence-electron chi connectivity index (χ1n) is 7.26. The Hall–Kier alpha value is -0.220. The van der Waals surface area contributed by atoms with Crippen LogP contribution in [-0.4, -0.2) is 43.1 Å². The average Bonchev–Trinajstić information content (AvgIpc) is 2.43. The summed E-state index contributed by atoms with van der Waals surface area (Å²) in [6.07, 6.45) is 3.27. The third-order valence-electron chi connectivity index (χ3n) is 3.63. The van der Waals surface area contributed by atoms with Crippen molar-refractivity contribution in [2.45, 2.75) is 32.4 Å². The van der Waals surface area contributed by atoms with Gasteiger partial charge in [0.25, 0.3) is 0 Å². The molecule has 1 aromatic carbocycles. The predicted octanol–water partition coefficient (Wildman–Crippen LogP) is 4.06. The van der Waals surface area contributed by atoms with Gasteiger partial charge in [-0.25, -0.2) is 0 Å². The van der Waals surface area contributed by atoms with Crippen molar-refractivity contribution in [3.8, 4) is 0 Å². The lowest BCUT2D eigenvalue weighted by atomic mass is 10.0. The summed E-state index contributed by atoms with van der Waals surface area (Å²) in [5, 5.41) is 4.38. The van der Waals surface area contributed by atoms with Crippen molar-refractivity contribution in [1.29, 1.82) is 0 Å². The second-order valence-corrected chi connectivity index (χ2v) is 6.59. The standard InChI is InChI=1S/C16H27ClN2S/c1-5-18-16(14-7-6-8-15(17)11-14)9-10-19(3)13(2)12-20-4/h6-8,11,13,16,18H,5,9-10,12H2,1-4H3. The number of nitrogens with zero attached hydrogens (tertiary/aromatic N) is 1. The first-order valence-corrected chi connectivity index (χ1v) is 9.03. The van der Waals surface area contributed by atoms with E-state index in [9.17, 15) is 0 Å². The summed E-state index contributed by atoms with van der Waals surface area (Å²) >= 11 is 8.01. The van der Waals surface area contributed by atoms with Crippen LogP contribution in [0.2, 0.25) is 5.02 Å². The lowest BCUT2D eigenvalue weighted by Crippen LogP contribution is -2.34. The van der Waals surface area contributed by atoms with Crippen LogP contribution < -0.4 is 5.32 Å². The fourth-order valence-electron chi connectivity index (χ4n) is 2.28. The molecule has 114 valence electrons. The van der Waals surface area contributed by atoms with Gasteiger partial charge in [-0.3, -0.25) is 0 Å². The largest absolute Gasteiger partial charge is 0.310 e. The summed E-state index contributed by atoms with van der Waals surface area (Å²) in [5.74, 6) is 1.18. The Morgan fingerprint density at radius 1 is 1.40 bits per heavy atom. The molecule has 2 nitrogen and oxygen atoms in total. The molecule has 20 heavy (non-hydrogen) atoms. The minimum atomic E-state index is 0.377. The van der Waals surface area contributed by atoms with Crippen molar-refractivity contribution in [2.75, 3.05) is 32.1 Å². The zero-order valence-corrected chi connectivity index (χ0v) is 14.6. The molecule has 0 heterocycles. The minimum Gasteiger partial charge on any atom is -0.310 e. The van der Waals surface area contributed by atoms with Crippen LogP contribution in [0.3, 0.4) is 0 Å². The maximum Gasteiger partial charge on any atom is 0.0409 e. The molecule has 0 fully saturated rings. The number of halogens is 1. The number of nitrogens with one attached hydrogen (secondary N) is 1. The number of thioether (sulfide) groups is 1. The van der Waals surface area contributed by atoms with Gasteiger partial charge >= 0.3 is 0 Å². The van der Waals surface area contributed by atoms with E-state index in [2.05, 4.69) is 49.5 Å². The van der Waals surface area contributed by atoms with E-state index in [1.807, 2.05) is 23.9 Å². The van der Waals surface area contributed by atoms with E-state index in [1.165, 1.54) is 11.3 Å². The van der Waals surface area contributed by atoms with Crippen LogP contribution in [0.4, 0.5) is 0 Å². The monoisotopic (exact) mass is 314 g/mol. The highest BCUT2D eigenvalue weighted by Crippen LogP contribution is 2.21. The molecular formula is C16H27ClN2S. The summed E-state index contributed by atoms with van der Waals surface area (Å²) in [6.45, 7) is 6.50. The van der Waals surface area contributed by atoms with Crippen molar-refractivity contribution >= 4 is 23.4 Å². The molecule has 0 aliphatic rings. The molecule has 2 atom stereocenters. The molecule has 1 rings (SSSR count). The van der Waals surface area contributed by atoms with Crippen LogP contribution in [0, 0.1) is 0 Å². The van der Waals surface area contributed by atoms with Crippen LogP contribution in [0.25, 0.3) is 0 Å². The lowest BCUT2D eigenvalue weighted by molar-refractivity contribution is 0.260. The molecule has 0 aromatic heterocycles. The normalized spacial score (nSPS) is 14.5. The third kappa shape index (κ3) is 6.04. The summed E-state index contributed by atoms with van der Waals surface area (Å²) in [4.78, 5) is 2.44. The maximum absolute atomic E-state index is 6.10. The molecule has 4 heteroatoms. The van der Waals surface area contributed by atoms with E-state index < -0.39 is 0 Å². The second kappa shape index (κ2) is 9.67. The maximum atomic E-state index is 6.10. The van der Waals surface area contributed by atoms with Gasteiger partial charge in [0, 0.05) is 22.9 Å². The van der Waals surface area contributed by atoms with Gasteiger partial charge < -0.3 is 10.2 Å². The predicted molar refractivity (Wildman–Crippen MR) is 93.0 cm³/mol. The Morgan fingerprint density at radius 2 is 2.15 bits per heavy atom. The van der Waals surface area contributed by atoms with Crippen molar-refractivity contribution in [1.82, 2.24) is 10.2 Å². The van der Waals surface area contributed by atoms with Crippen LogP contribution >= 0.6 is 23.4 Å². The van der Waals surface area contributed by atoms with Gasteiger partial charge in [0.2, 0.25) is 0 Å². The molecule has 1 N–H and O–H groups in total. The molecule has 0 saturated heterocycles. The molecule has 0 aliphatic heterocycles. The first kappa shape index (κ1) is 17.8. The SMILES string of the molecule is CCNC(CCN(C)C(C)CSC)c1cccc(Cl)c1. The minimum absolute atomic E-state index is 0.377. The molecule has 0 saturated carbocycles. The van der Waals surface area contributed by atoms with E-state index in [1.54, 1.807) is 0 Å². The smallest absolute Gasteiger partial charge is 0.0409 e. The Balaban J connectivity index is 2.59. The van der Waals surface area contributed by atoms with Crippen LogP contribution in [-0.2, 0) is 0 Å². The number of benzene rings is 1. The van der Waals surface area contributed by atoms with Crippen LogP contribution in [0.15, 0.2) is 24.3 Å². The fourth-order valence-corrected chi connectivity index (χ4v) is 3.21. The molecular weight excluding hydrogens is 288 g/mol. The summed E-state index contributed by atoms with van der Waals surface area (Å²) in [6, 6.07) is 9.18. The number of rotatable bonds is 9. The first-order chi connectivity index (χ1) is 9.58. The fraction of sp³-hybridized carbons (Fsp3) is 0.625. The van der Waals surface area contributed by atoms with Crippen molar-refractivity contribution in [3.05, 3.63) is 34.9 Å². The zero-order valence-electron chi connectivity index (χ0n) is 13.0. The van der Waals surface area contributed by atoms with Gasteiger partial charge in [0.1, 0.15) is 0 Å². The Labute approximate surface area is 133 Å². The third-order valence-corrected chi connectivity index (χ3v) is 4.68. The van der Waals surface area contributed by atoms with E-state index in [0.29, 0.717) is 12.1 Å². The van der Waals surface area contributed by atoms with Crippen LogP contribution in [0.1, 0.15) is 31.9 Å². The van der Waals surface area contributed by atoms with Crippen molar-refractivity contribution in [3.63, 3.8) is 0 Å². The Morgan fingerprint density at radius 3 is 2.75 bits per heavy atom. The molecule has 1 aromatic rings. The summed E-state index contributed by atoms with van der Waals surface area (Å²) < 4.78 is 0. The summed E-state index contributed by atoms with van der Waals surface area (Å²) in [7, 11) is 2.21. The van der Waals surface area contributed by atoms with Crippen molar-refractivity contribution < 1.29 is 0 Å². The molecule has 0 radical (unpaired) electrons. The van der Waals surface area contributed by atoms with E-state index in [0.717, 1.165) is 24.5 Å². The Kier molecular flexibility index (Phi) is 8.62. The van der Waals surface area contributed by atoms with E-state index >= 15 is 0 Å². The molecule has 0 bridgehead atoms. The van der Waals surface area contributed by atoms with Gasteiger partial charge in [0.05, 0.1) is 0 Å². The highest BCUT2D eigenvalue weighted by Gasteiger charge is 2.14. The topological polar surface area (TPSA) is 15.3 Å². The number of hydrogen-bond acceptors (Lipinski definition) is 3. The van der Waals surface area contributed by atoms with Gasteiger partial charge in [-0.05, 0) is 57.4 Å². The molecule has 0 spiro atoms. The van der Waals surface area contributed by atoms with Gasteiger partial charge in [-0.2, -0.15) is 11.8 Å². The molecule has 0 aliphatic carbocycles. The van der Waals surface area contributed by atoms with Gasteiger partial charge in [-0.1, -0.05) is 30.7 Å². The summed E-state index contributed by atoms with van der Waals surface area (Å²) in [5.41, 5.74) is 1.28. The molecule has 2 unspecified atom stereocenters. The zero-order chi connectivity index (χ0) is 15.0. The van der Waals surface area contributed by atoms with Crippen molar-refractivity contribution in [2.24, 2.45) is 0 Å². The van der Waals surface area contributed by atoms with Gasteiger partial charge in [0.15, 0.2) is 0 Å². The van der Waals surface area contributed by atoms with Gasteiger partial charge in [-0.15, -0.1) is 0 Å². The van der Waals surface area contributed by atoms with E-state index in [4.69, 9.17) is 11.6 Å². The number of hydrogen-bond donors (Lipinski definition) is 1. The highest BCUT2D eigenvalue weighted by molar-refractivity contribution is 7.98. The Bertz CT molecular complexity index is 386. The average molecular weight is 315 g/mol. The molecule has 0 amide bonds. The highest BCUT2D eigenvalue weighted by atomic mass is 35.5. The second-order valence-electron chi connectivity index (χ2n) is 5.24. The van der Waals surface area contributed by atoms with E-state index in [-0.39, 0.29) is 0 Å². The lowest BCUT2D eigenvalue weighted by Gasteiger charge is -2.27.